The number of aromatic nitrogens is 4. The number of anilines is 2. The highest BCUT2D eigenvalue weighted by molar-refractivity contribution is 7.89. The van der Waals surface area contributed by atoms with Crippen LogP contribution in [0.2, 0.25) is 0 Å². The number of halogens is 4. The molecule has 56 heavy (non-hydrogen) atoms. The number of carbonyl (C=O) groups is 2. The zero-order valence-electron chi connectivity index (χ0n) is 30.3. The zero-order valence-corrected chi connectivity index (χ0v) is 31.1. The van der Waals surface area contributed by atoms with Gasteiger partial charge in [0.25, 0.3) is 6.43 Å². The molecule has 3 aliphatic rings. The molecule has 5 heterocycles. The number of alkyl halides is 4. The van der Waals surface area contributed by atoms with Crippen molar-refractivity contribution in [1.82, 2.24) is 34.3 Å². The number of benzene rings is 2. The summed E-state index contributed by atoms with van der Waals surface area (Å²) in [7, 11) is -2.20. The van der Waals surface area contributed by atoms with Crippen LogP contribution >= 0.6 is 0 Å². The maximum Gasteiger partial charge on any atom is 0.387 e. The normalized spacial score (nSPS) is 18.0. The fourth-order valence-corrected chi connectivity index (χ4v) is 8.76. The Bertz CT molecular complexity index is 2260. The van der Waals surface area contributed by atoms with Gasteiger partial charge in [-0.05, 0) is 74.5 Å². The topological polar surface area (TPSA) is 155 Å². The Morgan fingerprint density at radius 1 is 0.964 bits per heavy atom. The minimum absolute atomic E-state index is 0.0404. The van der Waals surface area contributed by atoms with Crippen molar-refractivity contribution in [1.29, 1.82) is 0 Å². The van der Waals surface area contributed by atoms with E-state index in [9.17, 15) is 35.6 Å². The smallest absolute Gasteiger partial charge is 0.387 e. The average Bonchev–Trinajstić information content (AvgIpc) is 3.50. The highest BCUT2D eigenvalue weighted by Crippen LogP contribution is 2.34. The van der Waals surface area contributed by atoms with Crippen molar-refractivity contribution in [3.8, 4) is 17.6 Å². The first kappa shape index (κ1) is 38.9. The fraction of sp³-hybridized carbons (Fsp3) is 0.432. The first-order valence-electron chi connectivity index (χ1n) is 18.1. The molecule has 3 aliphatic heterocycles. The van der Waals surface area contributed by atoms with Gasteiger partial charge in [0.2, 0.25) is 21.9 Å². The minimum atomic E-state index is -4.02. The molecule has 19 heteroatoms. The molecular formula is C37H39F4N9O5S. The number of carbonyl (C=O) groups excluding carboxylic acids is 2. The summed E-state index contributed by atoms with van der Waals surface area (Å²) < 4.78 is 87.3. The Morgan fingerprint density at radius 3 is 2.38 bits per heavy atom. The molecule has 3 amide bonds. The molecule has 2 aromatic carbocycles. The maximum absolute atomic E-state index is 14.0. The van der Waals surface area contributed by atoms with E-state index < -0.39 is 29.1 Å². The number of imide groups is 1. The Labute approximate surface area is 320 Å². The third-order valence-corrected chi connectivity index (χ3v) is 12.2. The molecule has 2 aromatic heterocycles. The molecule has 4 aromatic rings. The van der Waals surface area contributed by atoms with E-state index in [-0.39, 0.29) is 71.6 Å². The second-order valence-corrected chi connectivity index (χ2v) is 15.8. The van der Waals surface area contributed by atoms with Gasteiger partial charge in [-0.25, -0.2) is 32.0 Å². The van der Waals surface area contributed by atoms with Crippen molar-refractivity contribution in [2.75, 3.05) is 49.5 Å². The number of ether oxygens (including phenoxy) is 1. The van der Waals surface area contributed by atoms with Crippen LogP contribution in [-0.2, 0) is 21.9 Å². The van der Waals surface area contributed by atoms with Crippen LogP contribution in [0, 0.1) is 11.8 Å². The number of hydrogen-bond donors (Lipinski definition) is 2. The lowest BCUT2D eigenvalue weighted by Crippen LogP contribution is -2.49. The molecule has 14 nitrogen and oxygen atoms in total. The predicted octanol–water partition coefficient (Wildman–Crippen LogP) is 4.84. The Hall–Kier alpha value is -5.32. The van der Waals surface area contributed by atoms with Gasteiger partial charge in [-0.15, -0.1) is 0 Å². The van der Waals surface area contributed by atoms with E-state index in [1.54, 1.807) is 4.68 Å². The first-order valence-corrected chi connectivity index (χ1v) is 19.5. The van der Waals surface area contributed by atoms with E-state index in [1.165, 1.54) is 21.3 Å². The van der Waals surface area contributed by atoms with Crippen LogP contribution in [0.4, 0.5) is 34.1 Å². The molecule has 0 spiro atoms. The molecule has 2 N–H and O–H groups in total. The number of amides is 3. The fourth-order valence-electron chi connectivity index (χ4n) is 7.27. The van der Waals surface area contributed by atoms with Crippen molar-refractivity contribution in [2.24, 2.45) is 7.05 Å². The number of sulfonamides is 1. The maximum atomic E-state index is 14.0. The summed E-state index contributed by atoms with van der Waals surface area (Å²) in [6.07, 6.45) is 2.06. The van der Waals surface area contributed by atoms with Gasteiger partial charge in [-0.2, -0.15) is 18.2 Å². The molecule has 0 unspecified atom stereocenters. The van der Waals surface area contributed by atoms with Gasteiger partial charge >= 0.3 is 12.6 Å². The number of piperidine rings is 2. The lowest BCUT2D eigenvalue weighted by molar-refractivity contribution is -0.120. The van der Waals surface area contributed by atoms with Crippen molar-refractivity contribution >= 4 is 44.6 Å². The Balaban J connectivity index is 0.951. The summed E-state index contributed by atoms with van der Waals surface area (Å²) in [4.78, 5) is 35.5. The van der Waals surface area contributed by atoms with Crippen LogP contribution in [0.25, 0.3) is 10.9 Å². The van der Waals surface area contributed by atoms with Gasteiger partial charge in [-0.1, -0.05) is 24.0 Å². The van der Waals surface area contributed by atoms with Gasteiger partial charge < -0.3 is 10.1 Å². The summed E-state index contributed by atoms with van der Waals surface area (Å²) in [5, 5.41) is 10.8. The first-order chi connectivity index (χ1) is 26.8. The number of fused-ring (bicyclic) bond motifs is 1. The van der Waals surface area contributed by atoms with Gasteiger partial charge in [0.1, 0.15) is 0 Å². The third-order valence-electron chi connectivity index (χ3n) is 10.3. The minimum Gasteiger partial charge on any atom is -0.432 e. The van der Waals surface area contributed by atoms with Crippen LogP contribution in [0.1, 0.15) is 61.1 Å². The summed E-state index contributed by atoms with van der Waals surface area (Å²) >= 11 is 0. The standard InChI is InChI=1S/C37H39F4N9O5S/c1-47-31-20-24(4-6-30(31)34(46-47)50-18-12-32(51)45-37(50)52)23-8-14-48(15-9-23)13-2-3-25-19-28(5-7-29(25)33(38)39)56(53,54)49-16-10-26(11-17-49)44-36-42-21-27(22-43-36)55-35(40)41/h4-7,19-23,26,33,35H,8-18H2,1H3,(H,42,43,44)(H,45,51,52). The van der Waals surface area contributed by atoms with Crippen LogP contribution in [-0.4, -0.2) is 101 Å². The van der Waals surface area contributed by atoms with E-state index >= 15 is 0 Å². The van der Waals surface area contributed by atoms with Gasteiger partial charge in [0, 0.05) is 55.7 Å². The highest BCUT2D eigenvalue weighted by Gasteiger charge is 2.31. The molecular weight excluding hydrogens is 759 g/mol. The van der Waals surface area contributed by atoms with E-state index in [0.717, 1.165) is 60.9 Å². The monoisotopic (exact) mass is 797 g/mol. The van der Waals surface area contributed by atoms with Crippen LogP contribution in [0.5, 0.6) is 5.75 Å². The van der Waals surface area contributed by atoms with Crippen LogP contribution in [0.15, 0.2) is 53.7 Å². The number of likely N-dealkylation sites (tertiary alicyclic amines) is 1. The molecule has 0 atom stereocenters. The lowest BCUT2D eigenvalue weighted by Gasteiger charge is -2.31. The third kappa shape index (κ3) is 8.56. The van der Waals surface area contributed by atoms with Crippen LogP contribution < -0.4 is 20.3 Å². The van der Waals surface area contributed by atoms with E-state index in [2.05, 4.69) is 53.2 Å². The van der Waals surface area contributed by atoms with Crippen molar-refractivity contribution in [3.63, 3.8) is 0 Å². The van der Waals surface area contributed by atoms with Crippen molar-refractivity contribution in [3.05, 3.63) is 65.5 Å². The molecule has 296 valence electrons. The van der Waals surface area contributed by atoms with Crippen molar-refractivity contribution < 1.29 is 40.3 Å². The van der Waals surface area contributed by atoms with Gasteiger partial charge in [-0.3, -0.25) is 24.6 Å². The molecule has 7 rings (SSSR count). The molecule has 0 aliphatic carbocycles. The van der Waals surface area contributed by atoms with E-state index in [4.69, 9.17) is 0 Å². The summed E-state index contributed by atoms with van der Waals surface area (Å²) in [6.45, 7) is -0.669. The van der Waals surface area contributed by atoms with Gasteiger partial charge in [0.05, 0.1) is 29.4 Å². The largest absolute Gasteiger partial charge is 0.432 e. The highest BCUT2D eigenvalue weighted by atomic mass is 32.2. The van der Waals surface area contributed by atoms with E-state index in [0.29, 0.717) is 25.2 Å². The van der Waals surface area contributed by atoms with Crippen LogP contribution in [0.3, 0.4) is 0 Å². The Kier molecular flexibility index (Phi) is 11.4. The summed E-state index contributed by atoms with van der Waals surface area (Å²) in [5.74, 6) is 6.27. The molecule has 3 saturated heterocycles. The second-order valence-electron chi connectivity index (χ2n) is 13.8. The second kappa shape index (κ2) is 16.4. The number of urea groups is 1. The van der Waals surface area contributed by atoms with Crippen molar-refractivity contribution in [2.45, 2.75) is 62.0 Å². The number of rotatable bonds is 10. The zero-order chi connectivity index (χ0) is 39.6. The Morgan fingerprint density at radius 2 is 1.70 bits per heavy atom. The average molecular weight is 798 g/mol. The quantitative estimate of drug-likeness (QED) is 0.168. The number of nitrogens with zero attached hydrogens (tertiary/aromatic N) is 7. The number of aryl methyl sites for hydroxylation is 1. The summed E-state index contributed by atoms with van der Waals surface area (Å²) in [6, 6.07) is 8.93. The summed E-state index contributed by atoms with van der Waals surface area (Å²) in [5.41, 5.74) is 1.63. The molecule has 3 fully saturated rings. The van der Waals surface area contributed by atoms with E-state index in [1.807, 2.05) is 19.2 Å². The molecule has 0 saturated carbocycles. The SMILES string of the molecule is Cn1nc(N2CCC(=O)NC2=O)c2ccc(C3CCN(CC#Cc4cc(S(=O)(=O)N5CCC(Nc6ncc(OC(F)F)cn6)CC5)ccc4C(F)F)CC3)cc21. The lowest BCUT2D eigenvalue weighted by atomic mass is 9.89. The predicted molar refractivity (Wildman–Crippen MR) is 197 cm³/mol. The molecule has 0 bridgehead atoms. The number of hydrogen-bond acceptors (Lipinski definition) is 10. The van der Waals surface area contributed by atoms with Gasteiger partial charge in [0.15, 0.2) is 11.6 Å². The molecule has 0 radical (unpaired) electrons. The number of nitrogens with one attached hydrogen (secondary N) is 2.